The van der Waals surface area contributed by atoms with Crippen LogP contribution in [0.5, 0.6) is 0 Å². The first-order valence-electron chi connectivity index (χ1n) is 6.55. The average molecular weight is 327 g/mol. The first kappa shape index (κ1) is 13.3. The molecular formula is C17H15BrN2. The second kappa shape index (κ2) is 5.73. The van der Waals surface area contributed by atoms with Gasteiger partial charge in [0.2, 0.25) is 0 Å². The monoisotopic (exact) mass is 326 g/mol. The van der Waals surface area contributed by atoms with Crippen LogP contribution in [0.25, 0.3) is 10.9 Å². The van der Waals surface area contributed by atoms with Crippen LogP contribution in [-0.4, -0.2) is 12.0 Å². The van der Waals surface area contributed by atoms with Crippen LogP contribution in [0.4, 0.5) is 0 Å². The summed E-state index contributed by atoms with van der Waals surface area (Å²) in [6.45, 7) is 0. The SMILES string of the molecule is CNC(c1cccc(Br)c1)c1ccc2cccnc2c1. The topological polar surface area (TPSA) is 24.9 Å². The summed E-state index contributed by atoms with van der Waals surface area (Å²) in [4.78, 5) is 4.43. The smallest absolute Gasteiger partial charge is 0.0705 e. The predicted molar refractivity (Wildman–Crippen MR) is 86.8 cm³/mol. The quantitative estimate of drug-likeness (QED) is 0.775. The number of hydrogen-bond acceptors (Lipinski definition) is 2. The number of rotatable bonds is 3. The molecule has 3 rings (SSSR count). The van der Waals surface area contributed by atoms with Crippen LogP contribution in [0.1, 0.15) is 17.2 Å². The van der Waals surface area contributed by atoms with Crippen molar-refractivity contribution in [3.63, 3.8) is 0 Å². The number of nitrogens with one attached hydrogen (secondary N) is 1. The molecule has 2 aromatic carbocycles. The zero-order valence-electron chi connectivity index (χ0n) is 11.2. The van der Waals surface area contributed by atoms with Gasteiger partial charge in [0.25, 0.3) is 0 Å². The molecule has 3 aromatic rings. The molecule has 0 saturated heterocycles. The number of hydrogen-bond donors (Lipinski definition) is 1. The van der Waals surface area contributed by atoms with E-state index in [0.29, 0.717) is 0 Å². The molecule has 0 aliphatic carbocycles. The zero-order chi connectivity index (χ0) is 13.9. The molecule has 0 saturated carbocycles. The molecule has 0 aliphatic rings. The lowest BCUT2D eigenvalue weighted by Crippen LogP contribution is -2.17. The van der Waals surface area contributed by atoms with Crippen molar-refractivity contribution in [3.05, 3.63) is 76.4 Å². The molecule has 2 nitrogen and oxygen atoms in total. The average Bonchev–Trinajstić information content (AvgIpc) is 2.48. The Kier molecular flexibility index (Phi) is 3.81. The molecule has 0 aliphatic heterocycles. The highest BCUT2D eigenvalue weighted by Crippen LogP contribution is 2.26. The molecule has 1 N–H and O–H groups in total. The maximum absolute atomic E-state index is 4.43. The van der Waals surface area contributed by atoms with Gasteiger partial charge in [-0.25, -0.2) is 0 Å². The molecule has 1 unspecified atom stereocenters. The lowest BCUT2D eigenvalue weighted by atomic mass is 9.98. The van der Waals surface area contributed by atoms with Crippen molar-refractivity contribution >= 4 is 26.8 Å². The van der Waals surface area contributed by atoms with Gasteiger partial charge in [-0.15, -0.1) is 0 Å². The van der Waals surface area contributed by atoms with Crippen LogP contribution < -0.4 is 5.32 Å². The minimum Gasteiger partial charge on any atom is -0.309 e. The highest BCUT2D eigenvalue weighted by molar-refractivity contribution is 9.10. The van der Waals surface area contributed by atoms with Crippen molar-refractivity contribution in [2.75, 3.05) is 7.05 Å². The summed E-state index contributed by atoms with van der Waals surface area (Å²) in [5, 5.41) is 4.54. The minimum absolute atomic E-state index is 0.166. The summed E-state index contributed by atoms with van der Waals surface area (Å²) in [7, 11) is 1.98. The third kappa shape index (κ3) is 2.60. The summed E-state index contributed by atoms with van der Waals surface area (Å²) in [6, 6.07) is 19.0. The maximum Gasteiger partial charge on any atom is 0.0705 e. The highest BCUT2D eigenvalue weighted by atomic mass is 79.9. The minimum atomic E-state index is 0.166. The van der Waals surface area contributed by atoms with Gasteiger partial charge in [-0.3, -0.25) is 4.98 Å². The molecule has 1 atom stereocenters. The fourth-order valence-corrected chi connectivity index (χ4v) is 2.89. The van der Waals surface area contributed by atoms with E-state index in [1.807, 2.05) is 25.4 Å². The van der Waals surface area contributed by atoms with Gasteiger partial charge in [-0.05, 0) is 42.4 Å². The van der Waals surface area contributed by atoms with Gasteiger partial charge < -0.3 is 5.32 Å². The number of pyridine rings is 1. The zero-order valence-corrected chi connectivity index (χ0v) is 12.8. The van der Waals surface area contributed by atoms with Crippen molar-refractivity contribution in [3.8, 4) is 0 Å². The summed E-state index contributed by atoms with van der Waals surface area (Å²) >= 11 is 3.53. The third-order valence-electron chi connectivity index (χ3n) is 3.43. The lowest BCUT2D eigenvalue weighted by Gasteiger charge is -2.18. The van der Waals surface area contributed by atoms with E-state index >= 15 is 0 Å². The Morgan fingerprint density at radius 1 is 1.00 bits per heavy atom. The van der Waals surface area contributed by atoms with E-state index in [-0.39, 0.29) is 6.04 Å². The van der Waals surface area contributed by atoms with E-state index < -0.39 is 0 Å². The molecule has 0 bridgehead atoms. The maximum atomic E-state index is 4.43. The van der Waals surface area contributed by atoms with E-state index in [1.165, 1.54) is 16.5 Å². The Morgan fingerprint density at radius 3 is 2.65 bits per heavy atom. The molecule has 0 fully saturated rings. The van der Waals surface area contributed by atoms with Gasteiger partial charge in [-0.2, -0.15) is 0 Å². The van der Waals surface area contributed by atoms with Crippen molar-refractivity contribution in [1.82, 2.24) is 10.3 Å². The number of halogens is 1. The van der Waals surface area contributed by atoms with Crippen molar-refractivity contribution < 1.29 is 0 Å². The largest absolute Gasteiger partial charge is 0.309 e. The molecule has 0 radical (unpaired) electrons. The Morgan fingerprint density at radius 2 is 1.85 bits per heavy atom. The molecule has 1 aromatic heterocycles. The molecule has 3 heteroatoms. The van der Waals surface area contributed by atoms with Gasteiger partial charge in [0.15, 0.2) is 0 Å². The van der Waals surface area contributed by atoms with Crippen LogP contribution in [0.15, 0.2) is 65.3 Å². The van der Waals surface area contributed by atoms with Crippen molar-refractivity contribution in [1.29, 1.82) is 0 Å². The Hall–Kier alpha value is -1.71. The fraction of sp³-hybridized carbons (Fsp3) is 0.118. The Balaban J connectivity index is 2.07. The predicted octanol–water partition coefficient (Wildman–Crippen LogP) is 4.31. The normalized spacial score (nSPS) is 12.5. The standard InChI is InChI=1S/C17H15BrN2/c1-19-17(13-4-2-6-15(18)10-13)14-8-7-12-5-3-9-20-16(12)11-14/h2-11,17,19H,1H3. The van der Waals surface area contributed by atoms with E-state index in [2.05, 4.69) is 68.7 Å². The van der Waals surface area contributed by atoms with Crippen LogP contribution in [0.3, 0.4) is 0 Å². The molecule has 0 amide bonds. The molecule has 1 heterocycles. The summed E-state index contributed by atoms with van der Waals surface area (Å²) < 4.78 is 1.09. The van der Waals surface area contributed by atoms with E-state index in [9.17, 15) is 0 Å². The van der Waals surface area contributed by atoms with Crippen molar-refractivity contribution in [2.24, 2.45) is 0 Å². The summed E-state index contributed by atoms with van der Waals surface area (Å²) in [5.41, 5.74) is 3.48. The first-order chi connectivity index (χ1) is 9.78. The van der Waals surface area contributed by atoms with E-state index in [0.717, 1.165) is 9.99 Å². The second-order valence-electron chi connectivity index (χ2n) is 4.73. The Bertz CT molecular complexity index is 740. The van der Waals surface area contributed by atoms with Crippen LogP contribution in [0.2, 0.25) is 0 Å². The van der Waals surface area contributed by atoms with Gasteiger partial charge in [0, 0.05) is 16.1 Å². The number of fused-ring (bicyclic) bond motifs is 1. The van der Waals surface area contributed by atoms with Gasteiger partial charge in [-0.1, -0.05) is 46.3 Å². The van der Waals surface area contributed by atoms with Gasteiger partial charge in [0.05, 0.1) is 11.6 Å². The Labute approximate surface area is 127 Å². The van der Waals surface area contributed by atoms with E-state index in [1.54, 1.807) is 0 Å². The van der Waals surface area contributed by atoms with Gasteiger partial charge >= 0.3 is 0 Å². The van der Waals surface area contributed by atoms with Crippen LogP contribution in [0, 0.1) is 0 Å². The highest BCUT2D eigenvalue weighted by Gasteiger charge is 2.12. The number of benzene rings is 2. The second-order valence-corrected chi connectivity index (χ2v) is 5.65. The summed E-state index contributed by atoms with van der Waals surface area (Å²) in [5.74, 6) is 0. The van der Waals surface area contributed by atoms with E-state index in [4.69, 9.17) is 0 Å². The van der Waals surface area contributed by atoms with Gasteiger partial charge in [0.1, 0.15) is 0 Å². The fourth-order valence-electron chi connectivity index (χ4n) is 2.47. The third-order valence-corrected chi connectivity index (χ3v) is 3.93. The number of aromatic nitrogens is 1. The summed E-state index contributed by atoms with van der Waals surface area (Å²) in [6.07, 6.45) is 1.83. The molecule has 100 valence electrons. The lowest BCUT2D eigenvalue weighted by molar-refractivity contribution is 0.692. The molecular weight excluding hydrogens is 312 g/mol. The number of nitrogens with zero attached hydrogens (tertiary/aromatic N) is 1. The van der Waals surface area contributed by atoms with Crippen molar-refractivity contribution in [2.45, 2.75) is 6.04 Å². The molecule has 20 heavy (non-hydrogen) atoms. The van der Waals surface area contributed by atoms with Crippen LogP contribution >= 0.6 is 15.9 Å². The molecule has 0 spiro atoms. The van der Waals surface area contributed by atoms with Crippen LogP contribution in [-0.2, 0) is 0 Å². The first-order valence-corrected chi connectivity index (χ1v) is 7.34.